The second kappa shape index (κ2) is 12.2. The predicted octanol–water partition coefficient (Wildman–Crippen LogP) is 3.18. The van der Waals surface area contributed by atoms with Crippen LogP contribution < -0.4 is 10.6 Å². The normalized spacial score (nSPS) is 11.2. The zero-order valence-electron chi connectivity index (χ0n) is 16.3. The number of benzene rings is 1. The van der Waals surface area contributed by atoms with Gasteiger partial charge in [-0.25, -0.2) is 9.38 Å². The summed E-state index contributed by atoms with van der Waals surface area (Å²) < 4.78 is 15.4. The van der Waals surface area contributed by atoms with Gasteiger partial charge >= 0.3 is 0 Å². The van der Waals surface area contributed by atoms with Crippen molar-refractivity contribution in [1.29, 1.82) is 0 Å². The summed E-state index contributed by atoms with van der Waals surface area (Å²) in [6.07, 6.45) is 3.15. The van der Waals surface area contributed by atoms with Gasteiger partial charge in [0.2, 0.25) is 0 Å². The molecule has 0 aliphatic heterocycles. The summed E-state index contributed by atoms with van der Waals surface area (Å²) in [7, 11) is 1.94. The fraction of sp³-hybridized carbons (Fsp3) is 0.500. The SMILES string of the molecule is CSCCCNC(=NCc1ccc(F)c(C)c1)NCc1nnc(C)n1C.I. The predicted molar refractivity (Wildman–Crippen MR) is 121 cm³/mol. The first kappa shape index (κ1) is 23.7. The molecule has 1 aromatic carbocycles. The van der Waals surface area contributed by atoms with Gasteiger partial charge < -0.3 is 15.2 Å². The fourth-order valence-corrected chi connectivity index (χ4v) is 2.77. The molecule has 27 heavy (non-hydrogen) atoms. The van der Waals surface area contributed by atoms with Crippen LogP contribution in [-0.4, -0.2) is 39.3 Å². The number of guanidine groups is 1. The molecule has 0 saturated heterocycles. The van der Waals surface area contributed by atoms with E-state index < -0.39 is 0 Å². The quantitative estimate of drug-likeness (QED) is 0.249. The van der Waals surface area contributed by atoms with E-state index in [-0.39, 0.29) is 29.8 Å². The Bertz CT molecular complexity index is 749. The van der Waals surface area contributed by atoms with Gasteiger partial charge in [0.1, 0.15) is 11.6 Å². The van der Waals surface area contributed by atoms with Gasteiger partial charge in [0.05, 0.1) is 13.1 Å². The zero-order chi connectivity index (χ0) is 18.9. The molecule has 2 rings (SSSR count). The standard InChI is InChI=1S/C18H27FN6S.HI/c1-13-10-15(6-7-16(13)19)11-21-18(20-8-5-9-26-4)22-12-17-24-23-14(2)25(17)3;/h6-7,10H,5,8-9,11-12H2,1-4H3,(H2,20,21,22);1H. The van der Waals surface area contributed by atoms with Crippen LogP contribution in [0.4, 0.5) is 4.39 Å². The molecule has 2 N–H and O–H groups in total. The highest BCUT2D eigenvalue weighted by atomic mass is 127. The van der Waals surface area contributed by atoms with Crippen LogP contribution in [0.15, 0.2) is 23.2 Å². The van der Waals surface area contributed by atoms with E-state index in [1.54, 1.807) is 13.0 Å². The van der Waals surface area contributed by atoms with Crippen LogP contribution in [0.5, 0.6) is 0 Å². The van der Waals surface area contributed by atoms with E-state index in [2.05, 4.69) is 32.1 Å². The van der Waals surface area contributed by atoms with Crippen LogP contribution in [0, 0.1) is 19.7 Å². The molecule has 0 atom stereocenters. The maximum atomic E-state index is 13.4. The summed E-state index contributed by atoms with van der Waals surface area (Å²) in [4.78, 5) is 4.62. The second-order valence-corrected chi connectivity index (χ2v) is 7.08. The molecule has 0 saturated carbocycles. The van der Waals surface area contributed by atoms with Gasteiger partial charge in [-0.15, -0.1) is 34.2 Å². The number of rotatable bonds is 8. The largest absolute Gasteiger partial charge is 0.356 e. The lowest BCUT2D eigenvalue weighted by molar-refractivity contribution is 0.617. The van der Waals surface area contributed by atoms with E-state index in [0.29, 0.717) is 24.6 Å². The number of halogens is 2. The number of nitrogens with zero attached hydrogens (tertiary/aromatic N) is 4. The van der Waals surface area contributed by atoms with Crippen molar-refractivity contribution in [3.05, 3.63) is 46.8 Å². The summed E-state index contributed by atoms with van der Waals surface area (Å²) >= 11 is 1.82. The molecule has 1 aromatic heterocycles. The summed E-state index contributed by atoms with van der Waals surface area (Å²) in [5, 5.41) is 14.9. The Kier molecular flexibility index (Phi) is 10.7. The number of hydrogen-bond donors (Lipinski definition) is 2. The van der Waals surface area contributed by atoms with Crippen molar-refractivity contribution in [2.45, 2.75) is 33.4 Å². The highest BCUT2D eigenvalue weighted by molar-refractivity contribution is 14.0. The molecule has 0 aliphatic carbocycles. The third-order valence-electron chi connectivity index (χ3n) is 4.06. The fourth-order valence-electron chi connectivity index (χ4n) is 2.34. The molecule has 0 fully saturated rings. The summed E-state index contributed by atoms with van der Waals surface area (Å²) in [6.45, 7) is 5.54. The molecule has 6 nitrogen and oxygen atoms in total. The van der Waals surface area contributed by atoms with Crippen molar-refractivity contribution in [3.63, 3.8) is 0 Å². The number of aryl methyl sites for hydroxylation is 2. The summed E-state index contributed by atoms with van der Waals surface area (Å²) in [6, 6.07) is 5.08. The van der Waals surface area contributed by atoms with Gasteiger partial charge in [-0.05, 0) is 49.5 Å². The van der Waals surface area contributed by atoms with Crippen LogP contribution in [0.3, 0.4) is 0 Å². The smallest absolute Gasteiger partial charge is 0.191 e. The van der Waals surface area contributed by atoms with E-state index >= 15 is 0 Å². The Morgan fingerprint density at radius 3 is 2.67 bits per heavy atom. The maximum absolute atomic E-state index is 13.4. The van der Waals surface area contributed by atoms with Crippen molar-refractivity contribution in [1.82, 2.24) is 25.4 Å². The first-order chi connectivity index (χ1) is 12.5. The van der Waals surface area contributed by atoms with Crippen LogP contribution in [-0.2, 0) is 20.1 Å². The van der Waals surface area contributed by atoms with E-state index in [0.717, 1.165) is 35.9 Å². The lowest BCUT2D eigenvalue weighted by Gasteiger charge is -2.12. The van der Waals surface area contributed by atoms with Crippen LogP contribution in [0.25, 0.3) is 0 Å². The van der Waals surface area contributed by atoms with Gasteiger partial charge in [0.25, 0.3) is 0 Å². The molecule has 0 bridgehead atoms. The van der Waals surface area contributed by atoms with E-state index in [9.17, 15) is 4.39 Å². The van der Waals surface area contributed by atoms with Crippen LogP contribution in [0.2, 0.25) is 0 Å². The minimum absolute atomic E-state index is 0. The Morgan fingerprint density at radius 1 is 1.26 bits per heavy atom. The Morgan fingerprint density at radius 2 is 2.04 bits per heavy atom. The zero-order valence-corrected chi connectivity index (χ0v) is 19.4. The first-order valence-electron chi connectivity index (χ1n) is 8.62. The Hall–Kier alpha value is -1.36. The molecule has 1 heterocycles. The monoisotopic (exact) mass is 506 g/mol. The molecule has 0 amide bonds. The summed E-state index contributed by atoms with van der Waals surface area (Å²) in [5.41, 5.74) is 1.61. The van der Waals surface area contributed by atoms with Crippen molar-refractivity contribution in [3.8, 4) is 0 Å². The number of aromatic nitrogens is 3. The molecule has 0 unspecified atom stereocenters. The highest BCUT2D eigenvalue weighted by Crippen LogP contribution is 2.10. The topological polar surface area (TPSA) is 67.1 Å². The van der Waals surface area contributed by atoms with Gasteiger partial charge in [-0.3, -0.25) is 0 Å². The second-order valence-electron chi connectivity index (χ2n) is 6.10. The minimum atomic E-state index is -0.191. The molecular formula is C18H28FIN6S. The molecular weight excluding hydrogens is 478 g/mol. The molecule has 0 spiro atoms. The van der Waals surface area contributed by atoms with Crippen LogP contribution >= 0.6 is 35.7 Å². The average Bonchev–Trinajstić information content (AvgIpc) is 2.95. The molecule has 2 aromatic rings. The maximum Gasteiger partial charge on any atom is 0.191 e. The lowest BCUT2D eigenvalue weighted by Crippen LogP contribution is -2.38. The van der Waals surface area contributed by atoms with Crippen molar-refractivity contribution >= 4 is 41.7 Å². The number of aliphatic imine (C=N–C) groups is 1. The van der Waals surface area contributed by atoms with Crippen molar-refractivity contribution < 1.29 is 4.39 Å². The van der Waals surface area contributed by atoms with Gasteiger partial charge in [-0.2, -0.15) is 11.8 Å². The lowest BCUT2D eigenvalue weighted by atomic mass is 10.1. The third kappa shape index (κ3) is 7.65. The number of hydrogen-bond acceptors (Lipinski definition) is 4. The highest BCUT2D eigenvalue weighted by Gasteiger charge is 2.06. The van der Waals surface area contributed by atoms with Crippen molar-refractivity contribution in [2.75, 3.05) is 18.6 Å². The third-order valence-corrected chi connectivity index (χ3v) is 4.75. The molecule has 0 aliphatic rings. The molecule has 0 radical (unpaired) electrons. The van der Waals surface area contributed by atoms with Gasteiger partial charge in [0.15, 0.2) is 11.8 Å². The van der Waals surface area contributed by atoms with Gasteiger partial charge in [0, 0.05) is 13.6 Å². The van der Waals surface area contributed by atoms with E-state index in [4.69, 9.17) is 0 Å². The Balaban J connectivity index is 0.00000364. The van der Waals surface area contributed by atoms with Gasteiger partial charge in [-0.1, -0.05) is 12.1 Å². The molecule has 150 valence electrons. The minimum Gasteiger partial charge on any atom is -0.356 e. The Labute approximate surface area is 181 Å². The number of thioether (sulfide) groups is 1. The average molecular weight is 506 g/mol. The van der Waals surface area contributed by atoms with Crippen LogP contribution in [0.1, 0.15) is 29.2 Å². The number of nitrogens with one attached hydrogen (secondary N) is 2. The van der Waals surface area contributed by atoms with E-state index in [1.807, 2.05) is 36.4 Å². The van der Waals surface area contributed by atoms with Crippen molar-refractivity contribution in [2.24, 2.45) is 12.0 Å². The molecule has 9 heteroatoms. The first-order valence-corrected chi connectivity index (χ1v) is 10.0. The summed E-state index contributed by atoms with van der Waals surface area (Å²) in [5.74, 6) is 3.34. The van der Waals surface area contributed by atoms with E-state index in [1.165, 1.54) is 6.07 Å².